The van der Waals surface area contributed by atoms with Crippen molar-refractivity contribution in [2.24, 2.45) is 0 Å². The van der Waals surface area contributed by atoms with Crippen molar-refractivity contribution in [2.45, 2.75) is 18.2 Å². The maximum atomic E-state index is 12.7. The van der Waals surface area contributed by atoms with E-state index in [0.717, 1.165) is 31.7 Å². The molecule has 1 fully saturated rings. The second kappa shape index (κ2) is 9.22. The molecule has 3 heterocycles. The summed E-state index contributed by atoms with van der Waals surface area (Å²) in [6, 6.07) is 16.3. The molecule has 1 atom stereocenters. The lowest BCUT2D eigenvalue weighted by molar-refractivity contribution is -0.130. The molecule has 1 aromatic heterocycles. The fourth-order valence-electron chi connectivity index (χ4n) is 3.93. The molecule has 2 aliphatic rings. The molecule has 0 unspecified atom stereocenters. The highest BCUT2D eigenvalue weighted by Crippen LogP contribution is 2.36. The van der Waals surface area contributed by atoms with Gasteiger partial charge in [-0.05, 0) is 30.7 Å². The van der Waals surface area contributed by atoms with Crippen molar-refractivity contribution in [1.82, 2.24) is 20.0 Å². The number of hydrogen-bond acceptors (Lipinski definition) is 8. The highest BCUT2D eigenvalue weighted by atomic mass is 32.2. The van der Waals surface area contributed by atoms with Gasteiger partial charge in [-0.25, -0.2) is 0 Å². The highest BCUT2D eigenvalue weighted by Gasteiger charge is 2.25. The van der Waals surface area contributed by atoms with E-state index in [1.807, 2.05) is 29.2 Å². The molecule has 9 heteroatoms. The minimum absolute atomic E-state index is 0.0878. The summed E-state index contributed by atoms with van der Waals surface area (Å²) in [5.74, 6) is 2.11. The zero-order valence-electron chi connectivity index (χ0n) is 17.8. The van der Waals surface area contributed by atoms with Crippen LogP contribution < -0.4 is 9.47 Å². The van der Waals surface area contributed by atoms with Crippen molar-refractivity contribution in [2.75, 3.05) is 38.7 Å². The zero-order valence-corrected chi connectivity index (χ0v) is 18.6. The Hall–Kier alpha value is -3.04. The third-order valence-corrected chi connectivity index (χ3v) is 6.64. The largest absolute Gasteiger partial charge is 0.454 e. The van der Waals surface area contributed by atoms with Gasteiger partial charge in [0.2, 0.25) is 18.6 Å². The number of piperazine rings is 1. The third-order valence-electron chi connectivity index (χ3n) is 5.84. The van der Waals surface area contributed by atoms with E-state index in [1.165, 1.54) is 17.3 Å². The summed E-state index contributed by atoms with van der Waals surface area (Å²) in [4.78, 5) is 17.0. The minimum atomic E-state index is 0.0878. The van der Waals surface area contributed by atoms with Crippen LogP contribution in [0.3, 0.4) is 0 Å². The van der Waals surface area contributed by atoms with Crippen molar-refractivity contribution in [3.63, 3.8) is 0 Å². The van der Waals surface area contributed by atoms with E-state index in [4.69, 9.17) is 13.9 Å². The number of fused-ring (bicyclic) bond motifs is 1. The number of ether oxygens (including phenoxy) is 2. The molecule has 1 amide bonds. The van der Waals surface area contributed by atoms with Crippen molar-refractivity contribution in [1.29, 1.82) is 0 Å². The number of rotatable bonds is 6. The van der Waals surface area contributed by atoms with Gasteiger partial charge in [-0.15, -0.1) is 10.2 Å². The minimum Gasteiger partial charge on any atom is -0.454 e. The van der Waals surface area contributed by atoms with Gasteiger partial charge in [0.1, 0.15) is 0 Å². The van der Waals surface area contributed by atoms with Crippen LogP contribution >= 0.6 is 11.8 Å². The normalized spacial score (nSPS) is 16.8. The van der Waals surface area contributed by atoms with E-state index in [0.29, 0.717) is 28.7 Å². The number of carbonyl (C=O) groups excluding carboxylic acids is 1. The Kier molecular flexibility index (Phi) is 6.00. The van der Waals surface area contributed by atoms with Crippen LogP contribution in [0.2, 0.25) is 0 Å². The molecule has 0 radical (unpaired) electrons. The van der Waals surface area contributed by atoms with Gasteiger partial charge in [-0.2, -0.15) is 0 Å². The Bertz CT molecular complexity index is 1080. The molecule has 3 aromatic rings. The molecule has 2 aromatic carbocycles. The average Bonchev–Trinajstić information content (AvgIpc) is 3.52. The quantitative estimate of drug-likeness (QED) is 0.526. The van der Waals surface area contributed by atoms with E-state index < -0.39 is 0 Å². The fraction of sp³-hybridized carbons (Fsp3) is 0.348. The molecular weight excluding hydrogens is 428 g/mol. The van der Waals surface area contributed by atoms with Gasteiger partial charge in [0.15, 0.2) is 11.5 Å². The molecule has 166 valence electrons. The first-order valence-corrected chi connectivity index (χ1v) is 11.6. The number of amides is 1. The second-order valence-corrected chi connectivity index (χ2v) is 8.66. The molecule has 0 spiro atoms. The first-order valence-electron chi connectivity index (χ1n) is 10.6. The summed E-state index contributed by atoms with van der Waals surface area (Å²) in [7, 11) is 0. The van der Waals surface area contributed by atoms with Crippen LogP contribution in [0, 0.1) is 0 Å². The summed E-state index contributed by atoms with van der Waals surface area (Å²) in [6.07, 6.45) is 0. The van der Waals surface area contributed by atoms with Crippen LogP contribution in [-0.2, 0) is 4.79 Å². The Morgan fingerprint density at radius 1 is 1.03 bits per heavy atom. The van der Waals surface area contributed by atoms with Gasteiger partial charge in [-0.1, -0.05) is 42.1 Å². The maximum absolute atomic E-state index is 12.7. The molecule has 0 bridgehead atoms. The number of carbonyl (C=O) groups is 1. The summed E-state index contributed by atoms with van der Waals surface area (Å²) < 4.78 is 16.4. The first-order chi connectivity index (χ1) is 15.7. The van der Waals surface area contributed by atoms with E-state index in [9.17, 15) is 4.79 Å². The van der Waals surface area contributed by atoms with Crippen LogP contribution in [-0.4, -0.2) is 64.6 Å². The van der Waals surface area contributed by atoms with E-state index in [1.54, 1.807) is 0 Å². The predicted molar refractivity (Wildman–Crippen MR) is 120 cm³/mol. The van der Waals surface area contributed by atoms with Crippen LogP contribution in [0.1, 0.15) is 18.5 Å². The molecule has 32 heavy (non-hydrogen) atoms. The van der Waals surface area contributed by atoms with Crippen LogP contribution in [0.5, 0.6) is 11.5 Å². The van der Waals surface area contributed by atoms with Crippen LogP contribution in [0.4, 0.5) is 0 Å². The Balaban J connectivity index is 1.12. The monoisotopic (exact) mass is 452 g/mol. The number of hydrogen-bond donors (Lipinski definition) is 0. The number of aromatic nitrogens is 2. The van der Waals surface area contributed by atoms with Gasteiger partial charge < -0.3 is 18.8 Å². The van der Waals surface area contributed by atoms with E-state index >= 15 is 0 Å². The molecular formula is C23H24N4O4S. The molecule has 2 aliphatic heterocycles. The highest BCUT2D eigenvalue weighted by molar-refractivity contribution is 7.99. The molecule has 1 saturated heterocycles. The lowest BCUT2D eigenvalue weighted by Gasteiger charge is -2.38. The maximum Gasteiger partial charge on any atom is 0.277 e. The van der Waals surface area contributed by atoms with Crippen molar-refractivity contribution in [3.05, 3.63) is 54.1 Å². The smallest absolute Gasteiger partial charge is 0.277 e. The number of thioether (sulfide) groups is 1. The summed E-state index contributed by atoms with van der Waals surface area (Å²) >= 11 is 1.27. The van der Waals surface area contributed by atoms with Crippen LogP contribution in [0.15, 0.2) is 58.2 Å². The SMILES string of the molecule is C[C@H](c1ccccc1)N1CCN(C(=O)CSc2nnc(-c3ccc4c(c3)OCO4)o2)CC1. The summed E-state index contributed by atoms with van der Waals surface area (Å²) in [5.41, 5.74) is 2.06. The predicted octanol–water partition coefficient (Wildman–Crippen LogP) is 3.46. The Morgan fingerprint density at radius 3 is 2.62 bits per heavy atom. The number of benzene rings is 2. The summed E-state index contributed by atoms with van der Waals surface area (Å²) in [5, 5.41) is 8.54. The van der Waals surface area contributed by atoms with Crippen LogP contribution in [0.25, 0.3) is 11.5 Å². The number of nitrogens with zero attached hydrogens (tertiary/aromatic N) is 4. The molecule has 0 saturated carbocycles. The molecule has 0 N–H and O–H groups in total. The zero-order chi connectivity index (χ0) is 21.9. The first kappa shape index (κ1) is 20.8. The lowest BCUT2D eigenvalue weighted by Crippen LogP contribution is -2.49. The van der Waals surface area contributed by atoms with Crippen molar-refractivity contribution < 1.29 is 18.7 Å². The third kappa shape index (κ3) is 4.44. The Morgan fingerprint density at radius 2 is 1.81 bits per heavy atom. The topological polar surface area (TPSA) is 80.9 Å². The van der Waals surface area contributed by atoms with Crippen molar-refractivity contribution >= 4 is 17.7 Å². The average molecular weight is 453 g/mol. The molecule has 8 nitrogen and oxygen atoms in total. The van der Waals surface area contributed by atoms with Gasteiger partial charge in [0.25, 0.3) is 5.22 Å². The van der Waals surface area contributed by atoms with Gasteiger partial charge in [0, 0.05) is 37.8 Å². The van der Waals surface area contributed by atoms with Gasteiger partial charge in [-0.3, -0.25) is 9.69 Å². The molecule has 0 aliphatic carbocycles. The molecule has 5 rings (SSSR count). The lowest BCUT2D eigenvalue weighted by atomic mass is 10.1. The fourth-order valence-corrected chi connectivity index (χ4v) is 4.60. The van der Waals surface area contributed by atoms with Gasteiger partial charge in [0.05, 0.1) is 5.75 Å². The standard InChI is InChI=1S/C23H24N4O4S/c1-16(17-5-3-2-4-6-17)26-9-11-27(12-10-26)21(28)14-32-23-25-24-22(31-23)18-7-8-19-20(13-18)30-15-29-19/h2-8,13,16H,9-12,14-15H2,1H3/t16-/m1/s1. The summed E-state index contributed by atoms with van der Waals surface area (Å²) in [6.45, 7) is 5.61. The van der Waals surface area contributed by atoms with E-state index in [-0.39, 0.29) is 18.5 Å². The second-order valence-electron chi connectivity index (χ2n) is 7.73. The Labute approximate surface area is 190 Å². The van der Waals surface area contributed by atoms with E-state index in [2.05, 4.69) is 46.3 Å². The van der Waals surface area contributed by atoms with Gasteiger partial charge >= 0.3 is 0 Å². The van der Waals surface area contributed by atoms with Crippen molar-refractivity contribution in [3.8, 4) is 23.0 Å².